The molecule has 3 nitrogen and oxygen atoms in total. The molecule has 1 aromatic carbocycles. The summed E-state index contributed by atoms with van der Waals surface area (Å²) in [5.41, 5.74) is 7.77. The largest absolute Gasteiger partial charge is 0.399 e. The Bertz CT molecular complexity index is 404. The Balaban J connectivity index is 2.65. The summed E-state index contributed by atoms with van der Waals surface area (Å²) in [6.07, 6.45) is 2.29. The molecule has 0 saturated heterocycles. The van der Waals surface area contributed by atoms with Crippen molar-refractivity contribution in [1.82, 2.24) is 0 Å². The maximum absolute atomic E-state index is 9.03. The number of hydrogen-bond donors (Lipinski definition) is 2. The number of benzene rings is 1. The molecule has 1 atom stereocenters. The highest BCUT2D eigenvalue weighted by Crippen LogP contribution is 2.20. The van der Waals surface area contributed by atoms with E-state index in [2.05, 4.69) is 32.2 Å². The third kappa shape index (κ3) is 4.36. The average molecular weight is 231 g/mol. The first kappa shape index (κ1) is 13.4. The van der Waals surface area contributed by atoms with Crippen molar-refractivity contribution in [3.05, 3.63) is 23.8 Å². The second kappa shape index (κ2) is 6.15. The van der Waals surface area contributed by atoms with Crippen LogP contribution >= 0.6 is 0 Å². The Labute approximate surface area is 104 Å². The van der Waals surface area contributed by atoms with Gasteiger partial charge in [-0.25, -0.2) is 0 Å². The summed E-state index contributed by atoms with van der Waals surface area (Å²) >= 11 is 0. The highest BCUT2D eigenvalue weighted by atomic mass is 14.9. The molecule has 0 amide bonds. The molecule has 0 spiro atoms. The van der Waals surface area contributed by atoms with Crippen LogP contribution in [0, 0.1) is 17.2 Å². The van der Waals surface area contributed by atoms with Gasteiger partial charge in [0.15, 0.2) is 0 Å². The van der Waals surface area contributed by atoms with Crippen molar-refractivity contribution in [2.24, 2.45) is 5.92 Å². The van der Waals surface area contributed by atoms with E-state index in [1.807, 2.05) is 12.1 Å². The molecule has 0 bridgehead atoms. The minimum Gasteiger partial charge on any atom is -0.399 e. The van der Waals surface area contributed by atoms with E-state index in [1.54, 1.807) is 6.07 Å². The Hall–Kier alpha value is -1.69. The molecule has 1 rings (SSSR count). The first-order valence-electron chi connectivity index (χ1n) is 6.09. The predicted molar refractivity (Wildman–Crippen MR) is 72.7 cm³/mol. The van der Waals surface area contributed by atoms with Crippen LogP contribution in [0.5, 0.6) is 0 Å². The SMILES string of the molecule is CC(C)CCC(C)Nc1ccc(N)cc1C#N. The molecule has 1 aromatic rings. The van der Waals surface area contributed by atoms with Crippen LogP contribution in [-0.2, 0) is 0 Å². The molecule has 0 aliphatic rings. The quantitative estimate of drug-likeness (QED) is 0.764. The lowest BCUT2D eigenvalue weighted by Gasteiger charge is -2.17. The first-order valence-corrected chi connectivity index (χ1v) is 6.09. The second-order valence-corrected chi connectivity index (χ2v) is 4.93. The van der Waals surface area contributed by atoms with Crippen LogP contribution in [0.4, 0.5) is 11.4 Å². The van der Waals surface area contributed by atoms with Crippen molar-refractivity contribution in [3.63, 3.8) is 0 Å². The second-order valence-electron chi connectivity index (χ2n) is 4.93. The van der Waals surface area contributed by atoms with Crippen molar-refractivity contribution < 1.29 is 0 Å². The third-order valence-electron chi connectivity index (χ3n) is 2.74. The van der Waals surface area contributed by atoms with Crippen molar-refractivity contribution >= 4 is 11.4 Å². The summed E-state index contributed by atoms with van der Waals surface area (Å²) in [6, 6.07) is 7.93. The van der Waals surface area contributed by atoms with E-state index in [-0.39, 0.29) is 0 Å². The van der Waals surface area contributed by atoms with Crippen LogP contribution in [0.2, 0.25) is 0 Å². The van der Waals surface area contributed by atoms with Crippen LogP contribution in [0.25, 0.3) is 0 Å². The van der Waals surface area contributed by atoms with E-state index < -0.39 is 0 Å². The van der Waals surface area contributed by atoms with Gasteiger partial charge >= 0.3 is 0 Å². The highest BCUT2D eigenvalue weighted by Gasteiger charge is 2.07. The number of anilines is 2. The van der Waals surface area contributed by atoms with Crippen LogP contribution in [0.3, 0.4) is 0 Å². The molecule has 0 heterocycles. The minimum absolute atomic E-state index is 0.369. The van der Waals surface area contributed by atoms with Crippen molar-refractivity contribution in [3.8, 4) is 6.07 Å². The van der Waals surface area contributed by atoms with Crippen LogP contribution in [0.15, 0.2) is 18.2 Å². The summed E-state index contributed by atoms with van der Waals surface area (Å²) in [7, 11) is 0. The molecule has 0 aliphatic heterocycles. The number of nitrogen functional groups attached to an aromatic ring is 1. The maximum atomic E-state index is 9.03. The Morgan fingerprint density at radius 3 is 2.59 bits per heavy atom. The van der Waals surface area contributed by atoms with Gasteiger partial charge in [-0.3, -0.25) is 0 Å². The van der Waals surface area contributed by atoms with E-state index in [0.29, 0.717) is 23.2 Å². The van der Waals surface area contributed by atoms with Gasteiger partial charge in [0.05, 0.1) is 11.3 Å². The number of nitriles is 1. The molecule has 3 N–H and O–H groups in total. The van der Waals surface area contributed by atoms with E-state index in [9.17, 15) is 0 Å². The summed E-state index contributed by atoms with van der Waals surface area (Å²) in [4.78, 5) is 0. The number of nitrogens with zero attached hydrogens (tertiary/aromatic N) is 1. The molecule has 0 radical (unpaired) electrons. The molecule has 3 heteroatoms. The lowest BCUT2D eigenvalue weighted by molar-refractivity contribution is 0.527. The minimum atomic E-state index is 0.369. The monoisotopic (exact) mass is 231 g/mol. The van der Waals surface area contributed by atoms with E-state index in [0.717, 1.165) is 12.1 Å². The molecule has 1 unspecified atom stereocenters. The number of nitrogens with one attached hydrogen (secondary N) is 1. The van der Waals surface area contributed by atoms with Gasteiger partial charge in [-0.15, -0.1) is 0 Å². The Morgan fingerprint density at radius 2 is 2.00 bits per heavy atom. The van der Waals surface area contributed by atoms with E-state index in [1.165, 1.54) is 6.42 Å². The standard InChI is InChI=1S/C14H21N3/c1-10(2)4-5-11(3)17-14-7-6-13(16)8-12(14)9-15/h6-8,10-11,17H,4-5,16H2,1-3H3. The smallest absolute Gasteiger partial charge is 0.101 e. The van der Waals surface area contributed by atoms with Crippen LogP contribution < -0.4 is 11.1 Å². The fraction of sp³-hybridized carbons (Fsp3) is 0.500. The average Bonchev–Trinajstić information content (AvgIpc) is 2.28. The van der Waals surface area contributed by atoms with Crippen LogP contribution in [0.1, 0.15) is 39.2 Å². The molecule has 0 aliphatic carbocycles. The number of nitrogens with two attached hydrogens (primary N) is 1. The van der Waals surface area contributed by atoms with Crippen LogP contribution in [-0.4, -0.2) is 6.04 Å². The van der Waals surface area contributed by atoms with Gasteiger partial charge in [0.25, 0.3) is 0 Å². The Morgan fingerprint density at radius 1 is 1.29 bits per heavy atom. The zero-order chi connectivity index (χ0) is 12.8. The summed E-state index contributed by atoms with van der Waals surface area (Å²) < 4.78 is 0. The Kier molecular flexibility index (Phi) is 4.84. The normalized spacial score (nSPS) is 12.2. The van der Waals surface area contributed by atoms with Gasteiger partial charge in [-0.2, -0.15) is 5.26 Å². The third-order valence-corrected chi connectivity index (χ3v) is 2.74. The molecular formula is C14H21N3. The van der Waals surface area contributed by atoms with E-state index in [4.69, 9.17) is 11.0 Å². The summed E-state index contributed by atoms with van der Waals surface area (Å²) in [6.45, 7) is 6.58. The lowest BCUT2D eigenvalue weighted by atomic mass is 10.0. The van der Waals surface area contributed by atoms with Gasteiger partial charge < -0.3 is 11.1 Å². The van der Waals surface area contributed by atoms with Gasteiger partial charge in [0.2, 0.25) is 0 Å². The van der Waals surface area contributed by atoms with E-state index >= 15 is 0 Å². The fourth-order valence-electron chi connectivity index (χ4n) is 1.70. The lowest BCUT2D eigenvalue weighted by Crippen LogP contribution is -2.16. The molecule has 17 heavy (non-hydrogen) atoms. The highest BCUT2D eigenvalue weighted by molar-refractivity contribution is 5.63. The predicted octanol–water partition coefficient (Wildman–Crippen LogP) is 3.38. The molecule has 0 saturated carbocycles. The van der Waals surface area contributed by atoms with Gasteiger partial charge in [-0.05, 0) is 43.9 Å². The van der Waals surface area contributed by atoms with Gasteiger partial charge in [-0.1, -0.05) is 13.8 Å². The van der Waals surface area contributed by atoms with Crippen molar-refractivity contribution in [2.75, 3.05) is 11.1 Å². The van der Waals surface area contributed by atoms with Crippen molar-refractivity contribution in [1.29, 1.82) is 5.26 Å². The molecular weight excluding hydrogens is 210 g/mol. The summed E-state index contributed by atoms with van der Waals surface area (Å²) in [5.74, 6) is 0.709. The van der Waals surface area contributed by atoms with Crippen molar-refractivity contribution in [2.45, 2.75) is 39.7 Å². The van der Waals surface area contributed by atoms with Gasteiger partial charge in [0.1, 0.15) is 6.07 Å². The first-order chi connectivity index (χ1) is 8.02. The molecule has 0 aromatic heterocycles. The zero-order valence-corrected chi connectivity index (χ0v) is 10.8. The molecule has 92 valence electrons. The fourth-order valence-corrected chi connectivity index (χ4v) is 1.70. The topological polar surface area (TPSA) is 61.8 Å². The summed E-state index contributed by atoms with van der Waals surface area (Å²) in [5, 5.41) is 12.4. The zero-order valence-electron chi connectivity index (χ0n) is 10.8. The maximum Gasteiger partial charge on any atom is 0.101 e. The molecule has 0 fully saturated rings. The number of rotatable bonds is 5. The number of hydrogen-bond acceptors (Lipinski definition) is 3. The van der Waals surface area contributed by atoms with Gasteiger partial charge in [0, 0.05) is 11.7 Å².